The Kier molecular flexibility index (Phi) is 3.80. The topological polar surface area (TPSA) is 46.9 Å². The number of aromatic nitrogens is 2. The molecule has 1 aliphatic rings. The Morgan fingerprint density at radius 3 is 2.90 bits per heavy atom. The quantitative estimate of drug-likeness (QED) is 0.881. The van der Waals surface area contributed by atoms with Crippen molar-refractivity contribution in [2.24, 2.45) is 0 Å². The van der Waals surface area contributed by atoms with E-state index < -0.39 is 11.6 Å². The van der Waals surface area contributed by atoms with E-state index >= 15 is 0 Å². The van der Waals surface area contributed by atoms with E-state index in [1.165, 1.54) is 6.07 Å². The van der Waals surface area contributed by atoms with Crippen LogP contribution in [0.4, 0.5) is 8.78 Å². The van der Waals surface area contributed by atoms with E-state index in [2.05, 4.69) is 10.3 Å². The van der Waals surface area contributed by atoms with E-state index in [-0.39, 0.29) is 17.5 Å². The molecule has 2 heterocycles. The van der Waals surface area contributed by atoms with Crippen molar-refractivity contribution in [1.82, 2.24) is 14.9 Å². The number of nitrogens with zero attached hydrogens (tertiary/aromatic N) is 2. The predicted octanol–water partition coefficient (Wildman–Crippen LogP) is 2.37. The second kappa shape index (κ2) is 5.60. The van der Waals surface area contributed by atoms with Gasteiger partial charge in [-0.2, -0.15) is 0 Å². The van der Waals surface area contributed by atoms with Crippen LogP contribution in [0.2, 0.25) is 0 Å². The molecule has 3 rings (SSSR count). The third kappa shape index (κ3) is 2.60. The van der Waals surface area contributed by atoms with Gasteiger partial charge in [0, 0.05) is 31.3 Å². The number of carbonyl (C=O) groups is 1. The Labute approximate surface area is 125 Å². The lowest BCUT2D eigenvalue weighted by atomic mass is 10.2. The summed E-state index contributed by atoms with van der Waals surface area (Å²) in [6, 6.07) is 2.43. The Morgan fingerprint density at radius 1 is 1.43 bits per heavy atom. The number of alkyl halides is 1. The number of imidazole rings is 1. The van der Waals surface area contributed by atoms with Crippen LogP contribution in [-0.4, -0.2) is 27.4 Å². The van der Waals surface area contributed by atoms with Gasteiger partial charge in [0.25, 0.3) is 0 Å². The molecule has 1 aromatic carbocycles. The van der Waals surface area contributed by atoms with Crippen LogP contribution < -0.4 is 5.32 Å². The summed E-state index contributed by atoms with van der Waals surface area (Å²) in [5, 5.41) is 2.82. The van der Waals surface area contributed by atoms with Crippen molar-refractivity contribution in [3.63, 3.8) is 0 Å². The second-order valence-electron chi connectivity index (χ2n) is 5.11. The monoisotopic (exact) mass is 313 g/mol. The second-order valence-corrected chi connectivity index (χ2v) is 5.49. The molecule has 1 unspecified atom stereocenters. The predicted molar refractivity (Wildman–Crippen MR) is 75.2 cm³/mol. The van der Waals surface area contributed by atoms with Gasteiger partial charge in [0.15, 0.2) is 11.6 Å². The number of halogens is 3. The first-order valence-electron chi connectivity index (χ1n) is 6.78. The van der Waals surface area contributed by atoms with Gasteiger partial charge in [0.1, 0.15) is 11.3 Å². The Balaban J connectivity index is 2.06. The van der Waals surface area contributed by atoms with Gasteiger partial charge >= 0.3 is 0 Å². The van der Waals surface area contributed by atoms with Crippen molar-refractivity contribution in [2.45, 2.75) is 31.8 Å². The highest BCUT2D eigenvalue weighted by Gasteiger charge is 2.24. The standard InChI is InChI=1S/C14H14ClF2N3O/c15-6-5-11-19-10-3-2-9(16)13(17)14(10)20(11)7-8-1-4-12(21)18-8/h2-3,8H,1,4-7H2,(H,18,21). The molecule has 4 nitrogen and oxygen atoms in total. The van der Waals surface area contributed by atoms with Gasteiger partial charge in [0.2, 0.25) is 5.91 Å². The van der Waals surface area contributed by atoms with Crippen LogP contribution in [0.25, 0.3) is 11.0 Å². The maximum atomic E-state index is 14.1. The molecule has 1 N–H and O–H groups in total. The minimum absolute atomic E-state index is 0.0185. The van der Waals surface area contributed by atoms with Crippen LogP contribution in [-0.2, 0) is 17.8 Å². The summed E-state index contributed by atoms with van der Waals surface area (Å²) in [6.45, 7) is 0.370. The number of benzene rings is 1. The smallest absolute Gasteiger partial charge is 0.220 e. The molecule has 1 aliphatic heterocycles. The highest BCUT2D eigenvalue weighted by Crippen LogP contribution is 2.24. The Bertz CT molecular complexity index is 701. The van der Waals surface area contributed by atoms with Crippen LogP contribution in [0.5, 0.6) is 0 Å². The summed E-state index contributed by atoms with van der Waals surface area (Å²) in [6.07, 6.45) is 1.59. The molecule has 1 atom stereocenters. The van der Waals surface area contributed by atoms with E-state index in [0.29, 0.717) is 43.0 Å². The molecule has 112 valence electrons. The van der Waals surface area contributed by atoms with Crippen LogP contribution in [0.3, 0.4) is 0 Å². The van der Waals surface area contributed by atoms with Crippen molar-refractivity contribution in [3.8, 4) is 0 Å². The minimum Gasteiger partial charge on any atom is -0.352 e. The molecular formula is C14H14ClF2N3O. The van der Waals surface area contributed by atoms with Gasteiger partial charge < -0.3 is 9.88 Å². The van der Waals surface area contributed by atoms with E-state index in [1.807, 2.05) is 0 Å². The zero-order valence-electron chi connectivity index (χ0n) is 11.2. The SMILES string of the molecule is O=C1CCC(Cn2c(CCCl)nc3ccc(F)c(F)c32)N1. The molecule has 0 spiro atoms. The van der Waals surface area contributed by atoms with E-state index in [0.717, 1.165) is 6.07 Å². The van der Waals surface area contributed by atoms with E-state index in [4.69, 9.17) is 11.6 Å². The molecule has 0 aliphatic carbocycles. The van der Waals surface area contributed by atoms with Gasteiger partial charge in [-0.3, -0.25) is 4.79 Å². The molecule has 7 heteroatoms. The van der Waals surface area contributed by atoms with Gasteiger partial charge in [0.05, 0.1) is 5.52 Å². The molecule has 2 aromatic rings. The first-order chi connectivity index (χ1) is 10.1. The highest BCUT2D eigenvalue weighted by molar-refractivity contribution is 6.17. The van der Waals surface area contributed by atoms with Crippen molar-refractivity contribution >= 4 is 28.5 Å². The number of carbonyl (C=O) groups excluding carboxylic acids is 1. The molecule has 0 saturated carbocycles. The van der Waals surface area contributed by atoms with Crippen molar-refractivity contribution in [2.75, 3.05) is 5.88 Å². The summed E-state index contributed by atoms with van der Waals surface area (Å²) >= 11 is 5.76. The fraction of sp³-hybridized carbons (Fsp3) is 0.429. The molecule has 1 aromatic heterocycles. The number of hydrogen-bond acceptors (Lipinski definition) is 2. The highest BCUT2D eigenvalue weighted by atomic mass is 35.5. The zero-order chi connectivity index (χ0) is 15.0. The first-order valence-corrected chi connectivity index (χ1v) is 7.32. The van der Waals surface area contributed by atoms with Gasteiger partial charge in [-0.25, -0.2) is 13.8 Å². The number of rotatable bonds is 4. The average molecular weight is 314 g/mol. The minimum atomic E-state index is -0.912. The van der Waals surface area contributed by atoms with Gasteiger partial charge in [-0.05, 0) is 18.6 Å². The third-order valence-corrected chi connectivity index (χ3v) is 3.87. The summed E-state index contributed by atoms with van der Waals surface area (Å²) in [5.41, 5.74) is 0.537. The normalized spacial score (nSPS) is 18.4. The lowest BCUT2D eigenvalue weighted by Gasteiger charge is -2.14. The lowest BCUT2D eigenvalue weighted by molar-refractivity contribution is -0.119. The van der Waals surface area contributed by atoms with Crippen molar-refractivity contribution < 1.29 is 13.6 Å². The van der Waals surface area contributed by atoms with E-state index in [9.17, 15) is 13.6 Å². The molecule has 0 radical (unpaired) electrons. The fourth-order valence-electron chi connectivity index (χ4n) is 2.71. The molecule has 1 fully saturated rings. The number of aryl methyl sites for hydroxylation is 1. The Hall–Kier alpha value is -1.69. The summed E-state index contributed by atoms with van der Waals surface area (Å²) in [7, 11) is 0. The maximum absolute atomic E-state index is 14.1. The Morgan fingerprint density at radius 2 is 2.24 bits per heavy atom. The first kappa shape index (κ1) is 14.3. The summed E-state index contributed by atoms with van der Waals surface area (Å²) in [5.74, 6) is -0.896. The van der Waals surface area contributed by atoms with Crippen LogP contribution in [0.15, 0.2) is 12.1 Å². The molecule has 1 saturated heterocycles. The lowest BCUT2D eigenvalue weighted by Crippen LogP contribution is -2.30. The van der Waals surface area contributed by atoms with Crippen LogP contribution >= 0.6 is 11.6 Å². The van der Waals surface area contributed by atoms with Crippen molar-refractivity contribution in [1.29, 1.82) is 0 Å². The average Bonchev–Trinajstić information content (AvgIpc) is 3.00. The largest absolute Gasteiger partial charge is 0.352 e. The number of amides is 1. The molecule has 21 heavy (non-hydrogen) atoms. The zero-order valence-corrected chi connectivity index (χ0v) is 12.0. The summed E-state index contributed by atoms with van der Waals surface area (Å²) < 4.78 is 29.2. The van der Waals surface area contributed by atoms with E-state index in [1.54, 1.807) is 4.57 Å². The molecular weight excluding hydrogens is 300 g/mol. The summed E-state index contributed by atoms with van der Waals surface area (Å²) in [4.78, 5) is 15.6. The van der Waals surface area contributed by atoms with Gasteiger partial charge in [-0.1, -0.05) is 0 Å². The third-order valence-electron chi connectivity index (χ3n) is 3.68. The fourth-order valence-corrected chi connectivity index (χ4v) is 2.88. The molecule has 1 amide bonds. The van der Waals surface area contributed by atoms with Crippen LogP contribution in [0.1, 0.15) is 18.7 Å². The number of hydrogen-bond donors (Lipinski definition) is 1. The van der Waals surface area contributed by atoms with Crippen molar-refractivity contribution in [3.05, 3.63) is 29.6 Å². The number of nitrogens with one attached hydrogen (secondary N) is 1. The molecule has 0 bridgehead atoms. The van der Waals surface area contributed by atoms with Crippen LogP contribution in [0, 0.1) is 11.6 Å². The van der Waals surface area contributed by atoms with Gasteiger partial charge in [-0.15, -0.1) is 11.6 Å². The number of fused-ring (bicyclic) bond motifs is 1. The maximum Gasteiger partial charge on any atom is 0.220 e.